The van der Waals surface area contributed by atoms with Crippen molar-refractivity contribution in [2.24, 2.45) is 5.92 Å². The molecule has 2 bridgehead atoms. The first-order valence-electron chi connectivity index (χ1n) is 9.70. The van der Waals surface area contributed by atoms with Crippen LogP contribution < -0.4 is 0 Å². The van der Waals surface area contributed by atoms with Gasteiger partial charge < -0.3 is 14.3 Å². The third-order valence-electron chi connectivity index (χ3n) is 5.98. The Balaban J connectivity index is 1.45. The lowest BCUT2D eigenvalue weighted by molar-refractivity contribution is -0.140. The molecule has 27 heavy (non-hydrogen) atoms. The Labute approximate surface area is 159 Å². The standard InChI is InChI=1S/C21H26FN3O2/c1-14-20(15(2)27-23-14)13-25-19-7-6-17(21(25)26)11-24(12-19)9-8-16-4-3-5-18(22)10-16/h3-5,10,17,19H,6-9,11-13H2,1-2H3/t17-,19+/m0/s1. The Morgan fingerprint density at radius 1 is 1.26 bits per heavy atom. The van der Waals surface area contributed by atoms with Crippen molar-refractivity contribution in [3.63, 3.8) is 0 Å². The molecule has 1 aromatic heterocycles. The number of rotatable bonds is 5. The zero-order valence-corrected chi connectivity index (χ0v) is 15.9. The Bertz CT molecular complexity index is 815. The first kappa shape index (κ1) is 18.2. The molecule has 2 atom stereocenters. The molecule has 3 aliphatic rings. The number of aromatic nitrogens is 1. The van der Waals surface area contributed by atoms with E-state index < -0.39 is 0 Å². The van der Waals surface area contributed by atoms with Crippen LogP contribution in [0.3, 0.4) is 0 Å². The molecule has 0 aliphatic carbocycles. The SMILES string of the molecule is Cc1noc(C)c1CN1C(=O)[C@H]2CC[C@@H]1CN(CCc1cccc(F)c1)C2. The van der Waals surface area contributed by atoms with Crippen LogP contribution in [-0.4, -0.2) is 46.5 Å². The quantitative estimate of drug-likeness (QED) is 0.810. The highest BCUT2D eigenvalue weighted by molar-refractivity contribution is 5.80. The third kappa shape index (κ3) is 3.76. The summed E-state index contributed by atoms with van der Waals surface area (Å²) >= 11 is 0. The molecule has 3 saturated heterocycles. The molecule has 6 heteroatoms. The molecular formula is C21H26FN3O2. The molecule has 2 aromatic rings. The van der Waals surface area contributed by atoms with E-state index in [9.17, 15) is 9.18 Å². The van der Waals surface area contributed by atoms with Gasteiger partial charge in [-0.2, -0.15) is 0 Å². The van der Waals surface area contributed by atoms with Gasteiger partial charge in [0.25, 0.3) is 0 Å². The van der Waals surface area contributed by atoms with Gasteiger partial charge in [0.1, 0.15) is 11.6 Å². The van der Waals surface area contributed by atoms with Gasteiger partial charge in [-0.1, -0.05) is 17.3 Å². The predicted molar refractivity (Wildman–Crippen MR) is 99.6 cm³/mol. The van der Waals surface area contributed by atoms with Gasteiger partial charge in [0.05, 0.1) is 18.2 Å². The lowest BCUT2D eigenvalue weighted by Crippen LogP contribution is -2.47. The maximum atomic E-state index is 13.4. The summed E-state index contributed by atoms with van der Waals surface area (Å²) in [4.78, 5) is 17.4. The summed E-state index contributed by atoms with van der Waals surface area (Å²) in [5, 5.41) is 4.02. The number of halogens is 1. The Morgan fingerprint density at radius 2 is 2.11 bits per heavy atom. The summed E-state index contributed by atoms with van der Waals surface area (Å²) in [5.41, 5.74) is 2.90. The number of carbonyl (C=O) groups excluding carboxylic acids is 1. The molecule has 1 aromatic carbocycles. The fraction of sp³-hybridized carbons (Fsp3) is 0.524. The summed E-state index contributed by atoms with van der Waals surface area (Å²) in [6.07, 6.45) is 2.80. The van der Waals surface area contributed by atoms with Crippen LogP contribution in [0.2, 0.25) is 0 Å². The number of benzene rings is 1. The van der Waals surface area contributed by atoms with Crippen LogP contribution in [0.5, 0.6) is 0 Å². The minimum Gasteiger partial charge on any atom is -0.361 e. The number of hydrogen-bond donors (Lipinski definition) is 0. The number of aryl methyl sites for hydroxylation is 2. The minimum atomic E-state index is -0.191. The number of nitrogens with zero attached hydrogens (tertiary/aromatic N) is 3. The highest BCUT2D eigenvalue weighted by Crippen LogP contribution is 2.31. The van der Waals surface area contributed by atoms with E-state index in [4.69, 9.17) is 4.52 Å². The van der Waals surface area contributed by atoms with Crippen molar-refractivity contribution in [2.45, 2.75) is 45.7 Å². The van der Waals surface area contributed by atoms with Crippen molar-refractivity contribution in [3.05, 3.63) is 52.7 Å². The normalized spacial score (nSPS) is 23.1. The van der Waals surface area contributed by atoms with E-state index in [2.05, 4.69) is 10.1 Å². The van der Waals surface area contributed by atoms with Crippen molar-refractivity contribution in [3.8, 4) is 0 Å². The summed E-state index contributed by atoms with van der Waals surface area (Å²) in [6.45, 7) is 6.93. The second-order valence-corrected chi connectivity index (χ2v) is 7.84. The molecule has 0 radical (unpaired) electrons. The molecule has 5 nitrogen and oxygen atoms in total. The van der Waals surface area contributed by atoms with Crippen molar-refractivity contribution in [2.75, 3.05) is 19.6 Å². The molecular weight excluding hydrogens is 345 g/mol. The fourth-order valence-electron chi connectivity index (χ4n) is 4.40. The maximum Gasteiger partial charge on any atom is 0.227 e. The van der Waals surface area contributed by atoms with Crippen LogP contribution in [0, 0.1) is 25.6 Å². The van der Waals surface area contributed by atoms with E-state index in [-0.39, 0.29) is 23.7 Å². The zero-order chi connectivity index (χ0) is 19.0. The first-order valence-corrected chi connectivity index (χ1v) is 9.70. The van der Waals surface area contributed by atoms with Crippen LogP contribution in [0.4, 0.5) is 4.39 Å². The summed E-state index contributed by atoms with van der Waals surface area (Å²) in [6, 6.07) is 7.01. The van der Waals surface area contributed by atoms with Gasteiger partial charge in [-0.3, -0.25) is 4.79 Å². The number of carbonyl (C=O) groups is 1. The van der Waals surface area contributed by atoms with Crippen molar-refractivity contribution in [1.82, 2.24) is 15.0 Å². The zero-order valence-electron chi connectivity index (χ0n) is 15.9. The van der Waals surface area contributed by atoms with Crippen LogP contribution in [0.1, 0.15) is 35.4 Å². The molecule has 4 heterocycles. The monoisotopic (exact) mass is 371 g/mol. The average Bonchev–Trinajstić information content (AvgIpc) is 2.82. The predicted octanol–water partition coefficient (Wildman–Crippen LogP) is 3.10. The van der Waals surface area contributed by atoms with E-state index in [0.29, 0.717) is 6.54 Å². The lowest BCUT2D eigenvalue weighted by atomic mass is 9.93. The van der Waals surface area contributed by atoms with Gasteiger partial charge in [-0.15, -0.1) is 0 Å². The summed E-state index contributed by atoms with van der Waals surface area (Å²) in [5.74, 6) is 0.906. The smallest absolute Gasteiger partial charge is 0.227 e. The molecule has 0 saturated carbocycles. The van der Waals surface area contributed by atoms with E-state index in [0.717, 1.165) is 61.5 Å². The molecule has 0 N–H and O–H groups in total. The number of hydrogen-bond acceptors (Lipinski definition) is 4. The number of amides is 1. The Kier molecular flexibility index (Phi) is 5.00. The second kappa shape index (κ2) is 7.43. The summed E-state index contributed by atoms with van der Waals surface area (Å²) in [7, 11) is 0. The van der Waals surface area contributed by atoms with Gasteiger partial charge in [-0.25, -0.2) is 4.39 Å². The highest BCUT2D eigenvalue weighted by atomic mass is 19.1. The molecule has 1 amide bonds. The largest absolute Gasteiger partial charge is 0.361 e. The minimum absolute atomic E-state index is 0.0525. The van der Waals surface area contributed by atoms with E-state index in [1.807, 2.05) is 24.8 Å². The number of fused-ring (bicyclic) bond motifs is 4. The van der Waals surface area contributed by atoms with Gasteiger partial charge in [0, 0.05) is 31.2 Å². The van der Waals surface area contributed by atoms with Gasteiger partial charge in [0.2, 0.25) is 5.91 Å². The molecule has 0 spiro atoms. The molecule has 5 rings (SSSR count). The van der Waals surface area contributed by atoms with Crippen LogP contribution in [0.25, 0.3) is 0 Å². The van der Waals surface area contributed by atoms with Gasteiger partial charge >= 0.3 is 0 Å². The maximum absolute atomic E-state index is 13.4. The van der Waals surface area contributed by atoms with Crippen LogP contribution in [0.15, 0.2) is 28.8 Å². The molecule has 3 aliphatic heterocycles. The fourth-order valence-corrected chi connectivity index (χ4v) is 4.40. The van der Waals surface area contributed by atoms with E-state index in [1.54, 1.807) is 12.1 Å². The molecule has 0 unspecified atom stereocenters. The van der Waals surface area contributed by atoms with Crippen molar-refractivity contribution < 1.29 is 13.7 Å². The van der Waals surface area contributed by atoms with Crippen molar-refractivity contribution >= 4 is 5.91 Å². The second-order valence-electron chi connectivity index (χ2n) is 7.84. The van der Waals surface area contributed by atoms with Crippen LogP contribution >= 0.6 is 0 Å². The molecule has 3 fully saturated rings. The summed E-state index contributed by atoms with van der Waals surface area (Å²) < 4.78 is 18.7. The van der Waals surface area contributed by atoms with Crippen molar-refractivity contribution in [1.29, 1.82) is 0 Å². The topological polar surface area (TPSA) is 49.6 Å². The third-order valence-corrected chi connectivity index (χ3v) is 5.98. The van der Waals surface area contributed by atoms with Crippen LogP contribution in [-0.2, 0) is 17.8 Å². The highest BCUT2D eigenvalue weighted by Gasteiger charge is 2.40. The first-order chi connectivity index (χ1) is 13.0. The average molecular weight is 371 g/mol. The van der Waals surface area contributed by atoms with Gasteiger partial charge in [-0.05, 0) is 50.8 Å². The van der Waals surface area contributed by atoms with E-state index >= 15 is 0 Å². The molecule has 144 valence electrons. The Morgan fingerprint density at radius 3 is 2.85 bits per heavy atom. The van der Waals surface area contributed by atoms with E-state index in [1.165, 1.54) is 6.07 Å². The van der Waals surface area contributed by atoms with Gasteiger partial charge in [0.15, 0.2) is 0 Å². The number of piperidine rings is 1. The Hall–Kier alpha value is -2.21. The lowest BCUT2D eigenvalue weighted by Gasteiger charge is -2.36.